The second kappa shape index (κ2) is 7.50. The molecule has 0 spiro atoms. The van der Waals surface area contributed by atoms with Crippen LogP contribution in [0.5, 0.6) is 5.75 Å². The molecule has 29 heavy (non-hydrogen) atoms. The highest BCUT2D eigenvalue weighted by molar-refractivity contribution is 5.59. The number of ether oxygens (including phenoxy) is 1. The molecular formula is C24H24FN3O. The summed E-state index contributed by atoms with van der Waals surface area (Å²) in [6.45, 7) is 1.67. The standard InChI is InChI=1S/C24H24FN3O/c1-29-22-9-5-2-6-17(22)14-28-15-20-23(16-10-12-18(25)13-11-16)26-27-24(20)19-7-3-4-8-21(19)28/h2-13,20,23-24,26-27H,14-15H2,1H3. The summed E-state index contributed by atoms with van der Waals surface area (Å²) in [6.07, 6.45) is 0. The normalized spacial score (nSPS) is 22.8. The van der Waals surface area contributed by atoms with Crippen LogP contribution < -0.4 is 20.5 Å². The molecule has 4 nitrogen and oxygen atoms in total. The minimum atomic E-state index is -0.206. The molecule has 2 aliphatic heterocycles. The van der Waals surface area contributed by atoms with E-state index in [1.807, 2.05) is 24.3 Å². The quantitative estimate of drug-likeness (QED) is 0.695. The molecule has 0 aromatic heterocycles. The van der Waals surface area contributed by atoms with Gasteiger partial charge < -0.3 is 9.64 Å². The summed E-state index contributed by atoms with van der Waals surface area (Å²) in [5.41, 5.74) is 11.7. The van der Waals surface area contributed by atoms with Crippen molar-refractivity contribution in [2.75, 3.05) is 18.6 Å². The second-order valence-corrected chi connectivity index (χ2v) is 7.71. The topological polar surface area (TPSA) is 36.5 Å². The number of hydrogen-bond donors (Lipinski definition) is 2. The lowest BCUT2D eigenvalue weighted by Gasteiger charge is -2.39. The number of rotatable bonds is 4. The number of nitrogens with one attached hydrogen (secondary N) is 2. The zero-order chi connectivity index (χ0) is 19.8. The first-order chi connectivity index (χ1) is 14.2. The number of halogens is 1. The van der Waals surface area contributed by atoms with Crippen molar-refractivity contribution in [1.82, 2.24) is 10.9 Å². The number of hydrazine groups is 1. The van der Waals surface area contributed by atoms with E-state index >= 15 is 0 Å². The Morgan fingerprint density at radius 1 is 0.931 bits per heavy atom. The number of anilines is 1. The zero-order valence-electron chi connectivity index (χ0n) is 16.3. The van der Waals surface area contributed by atoms with Crippen molar-refractivity contribution in [1.29, 1.82) is 0 Å². The van der Waals surface area contributed by atoms with Gasteiger partial charge in [0.2, 0.25) is 0 Å². The number of benzene rings is 3. The highest BCUT2D eigenvalue weighted by Crippen LogP contribution is 2.45. The van der Waals surface area contributed by atoms with Crippen LogP contribution in [0.4, 0.5) is 10.1 Å². The molecule has 0 aliphatic carbocycles. The Kier molecular flexibility index (Phi) is 4.70. The molecule has 0 saturated carbocycles. The smallest absolute Gasteiger partial charge is 0.123 e. The van der Waals surface area contributed by atoms with E-state index in [9.17, 15) is 4.39 Å². The summed E-state index contributed by atoms with van der Waals surface area (Å²) in [6, 6.07) is 23.9. The number of nitrogens with zero attached hydrogens (tertiary/aromatic N) is 1. The van der Waals surface area contributed by atoms with Gasteiger partial charge in [0.1, 0.15) is 11.6 Å². The summed E-state index contributed by atoms with van der Waals surface area (Å²) >= 11 is 0. The predicted octanol–water partition coefficient (Wildman–Crippen LogP) is 4.36. The molecule has 5 rings (SSSR count). The van der Waals surface area contributed by atoms with Crippen LogP contribution >= 0.6 is 0 Å². The maximum atomic E-state index is 13.4. The Labute approximate surface area is 170 Å². The van der Waals surface area contributed by atoms with Crippen molar-refractivity contribution in [3.05, 3.63) is 95.3 Å². The average Bonchev–Trinajstić information content (AvgIpc) is 3.19. The van der Waals surface area contributed by atoms with Crippen LogP contribution in [0.3, 0.4) is 0 Å². The monoisotopic (exact) mass is 389 g/mol. The van der Waals surface area contributed by atoms with E-state index in [1.54, 1.807) is 7.11 Å². The van der Waals surface area contributed by atoms with E-state index in [0.29, 0.717) is 5.92 Å². The van der Waals surface area contributed by atoms with Crippen LogP contribution in [0.2, 0.25) is 0 Å². The average molecular weight is 389 g/mol. The molecule has 0 bridgehead atoms. The van der Waals surface area contributed by atoms with Crippen molar-refractivity contribution in [3.63, 3.8) is 0 Å². The Morgan fingerprint density at radius 3 is 2.48 bits per heavy atom. The van der Waals surface area contributed by atoms with E-state index in [1.165, 1.54) is 28.9 Å². The van der Waals surface area contributed by atoms with Crippen LogP contribution in [-0.4, -0.2) is 13.7 Å². The van der Waals surface area contributed by atoms with Gasteiger partial charge in [0.05, 0.1) is 19.2 Å². The summed E-state index contributed by atoms with van der Waals surface area (Å²) < 4.78 is 19.0. The lowest BCUT2D eigenvalue weighted by Crippen LogP contribution is -2.39. The lowest BCUT2D eigenvalue weighted by atomic mass is 9.82. The summed E-state index contributed by atoms with van der Waals surface area (Å²) in [4.78, 5) is 2.43. The van der Waals surface area contributed by atoms with Gasteiger partial charge in [-0.2, -0.15) is 0 Å². The van der Waals surface area contributed by atoms with Gasteiger partial charge in [-0.1, -0.05) is 48.5 Å². The van der Waals surface area contributed by atoms with E-state index in [2.05, 4.69) is 52.1 Å². The molecule has 3 aromatic carbocycles. The summed E-state index contributed by atoms with van der Waals surface area (Å²) in [7, 11) is 1.72. The predicted molar refractivity (Wildman–Crippen MR) is 112 cm³/mol. The van der Waals surface area contributed by atoms with E-state index < -0.39 is 0 Å². The fourth-order valence-corrected chi connectivity index (χ4v) is 4.69. The third kappa shape index (κ3) is 3.26. The molecule has 5 heteroatoms. The van der Waals surface area contributed by atoms with Crippen LogP contribution in [-0.2, 0) is 6.54 Å². The molecule has 3 atom stereocenters. The molecule has 2 N–H and O–H groups in total. The first-order valence-corrected chi connectivity index (χ1v) is 9.97. The second-order valence-electron chi connectivity index (χ2n) is 7.71. The van der Waals surface area contributed by atoms with Gasteiger partial charge in [0, 0.05) is 30.3 Å². The van der Waals surface area contributed by atoms with Crippen LogP contribution in [0, 0.1) is 11.7 Å². The fourth-order valence-electron chi connectivity index (χ4n) is 4.69. The zero-order valence-corrected chi connectivity index (χ0v) is 16.3. The van der Waals surface area contributed by atoms with Crippen molar-refractivity contribution >= 4 is 5.69 Å². The van der Waals surface area contributed by atoms with Crippen molar-refractivity contribution in [2.45, 2.75) is 18.6 Å². The van der Waals surface area contributed by atoms with Crippen molar-refractivity contribution in [3.8, 4) is 5.75 Å². The SMILES string of the molecule is COc1ccccc1CN1CC2C(c3ccc(F)cc3)NNC2c2ccccc21. The lowest BCUT2D eigenvalue weighted by molar-refractivity contribution is 0.393. The minimum absolute atomic E-state index is 0.120. The van der Waals surface area contributed by atoms with Crippen LogP contribution in [0.1, 0.15) is 28.8 Å². The first-order valence-electron chi connectivity index (χ1n) is 9.97. The molecule has 3 aromatic rings. The summed E-state index contributed by atoms with van der Waals surface area (Å²) in [5, 5.41) is 0. The van der Waals surface area contributed by atoms with Gasteiger partial charge in [-0.15, -0.1) is 0 Å². The minimum Gasteiger partial charge on any atom is -0.496 e. The van der Waals surface area contributed by atoms with E-state index in [4.69, 9.17) is 4.74 Å². The molecule has 0 amide bonds. The van der Waals surface area contributed by atoms with E-state index in [0.717, 1.165) is 24.4 Å². The van der Waals surface area contributed by atoms with Gasteiger partial charge in [0.25, 0.3) is 0 Å². The number of fused-ring (bicyclic) bond motifs is 3. The third-order valence-electron chi connectivity index (χ3n) is 6.08. The maximum Gasteiger partial charge on any atom is 0.123 e. The van der Waals surface area contributed by atoms with Gasteiger partial charge in [-0.05, 0) is 35.4 Å². The molecular weight excluding hydrogens is 365 g/mol. The Morgan fingerprint density at radius 2 is 1.66 bits per heavy atom. The van der Waals surface area contributed by atoms with Gasteiger partial charge in [0.15, 0.2) is 0 Å². The molecule has 3 unspecified atom stereocenters. The highest BCUT2D eigenvalue weighted by Gasteiger charge is 2.43. The largest absolute Gasteiger partial charge is 0.496 e. The van der Waals surface area contributed by atoms with Gasteiger partial charge >= 0.3 is 0 Å². The fraction of sp³-hybridized carbons (Fsp3) is 0.250. The highest BCUT2D eigenvalue weighted by atomic mass is 19.1. The molecule has 1 saturated heterocycles. The molecule has 0 radical (unpaired) electrons. The number of methoxy groups -OCH3 is 1. The van der Waals surface area contributed by atoms with Crippen molar-refractivity contribution < 1.29 is 9.13 Å². The molecule has 148 valence electrons. The number of para-hydroxylation sites is 2. The Hall–Kier alpha value is -2.89. The third-order valence-corrected chi connectivity index (χ3v) is 6.08. The van der Waals surface area contributed by atoms with Crippen LogP contribution in [0.15, 0.2) is 72.8 Å². The molecule has 2 aliphatic rings. The Bertz CT molecular complexity index is 1010. The maximum absolute atomic E-state index is 13.4. The Balaban J connectivity index is 1.50. The van der Waals surface area contributed by atoms with Crippen LogP contribution in [0.25, 0.3) is 0 Å². The number of hydrogen-bond acceptors (Lipinski definition) is 4. The van der Waals surface area contributed by atoms with E-state index in [-0.39, 0.29) is 17.9 Å². The molecule has 1 fully saturated rings. The van der Waals surface area contributed by atoms with Crippen molar-refractivity contribution in [2.24, 2.45) is 5.92 Å². The first kappa shape index (κ1) is 18.2. The van der Waals surface area contributed by atoms with Gasteiger partial charge in [-0.25, -0.2) is 15.2 Å². The van der Waals surface area contributed by atoms with Gasteiger partial charge in [-0.3, -0.25) is 0 Å². The molecule has 2 heterocycles. The summed E-state index contributed by atoms with van der Waals surface area (Å²) in [5.74, 6) is 1.03.